The highest BCUT2D eigenvalue weighted by molar-refractivity contribution is 7.91. The second-order valence-corrected chi connectivity index (χ2v) is 8.72. The number of amides is 2. The van der Waals surface area contributed by atoms with Crippen LogP contribution < -0.4 is 5.32 Å². The summed E-state index contributed by atoms with van der Waals surface area (Å²) in [5.74, 6) is -4.94. The van der Waals surface area contributed by atoms with Gasteiger partial charge < -0.3 is 14.0 Å². The number of rotatable bonds is 5. The summed E-state index contributed by atoms with van der Waals surface area (Å²) in [7, 11) is 4.44. The molecule has 0 saturated carbocycles. The number of imidazole rings is 1. The van der Waals surface area contributed by atoms with E-state index >= 15 is 0 Å². The first-order valence-electron chi connectivity index (χ1n) is 9.31. The smallest absolute Gasteiger partial charge is 0.459 e. The van der Waals surface area contributed by atoms with Crippen molar-refractivity contribution in [3.8, 4) is 11.5 Å². The zero-order chi connectivity index (χ0) is 24.7. The van der Waals surface area contributed by atoms with Crippen LogP contribution in [-0.2, 0) is 24.1 Å². The maximum Gasteiger partial charge on any atom is 0.459 e. The molecule has 1 atom stereocenters. The number of pyridine rings is 1. The van der Waals surface area contributed by atoms with E-state index in [2.05, 4.69) is 25.5 Å². The second kappa shape index (κ2) is 8.70. The van der Waals surface area contributed by atoms with Gasteiger partial charge in [-0.25, -0.2) is 14.8 Å². The van der Waals surface area contributed by atoms with Gasteiger partial charge in [-0.05, 0) is 36.3 Å². The molecule has 3 heterocycles. The van der Waals surface area contributed by atoms with Gasteiger partial charge in [0.25, 0.3) is 0 Å². The van der Waals surface area contributed by atoms with Gasteiger partial charge in [-0.3, -0.25) is 5.32 Å². The highest BCUT2D eigenvalue weighted by atomic mass is 32.2. The first-order chi connectivity index (χ1) is 15.3. The van der Waals surface area contributed by atoms with E-state index in [9.17, 15) is 31.3 Å². The molecule has 0 aliphatic heterocycles. The number of hydrogen-bond acceptors (Lipinski definition) is 6. The molecular formula is C18H18F5N7O2S. The van der Waals surface area contributed by atoms with Crippen molar-refractivity contribution < 1.29 is 31.3 Å². The lowest BCUT2D eigenvalue weighted by molar-refractivity contribution is -0.291. The summed E-state index contributed by atoms with van der Waals surface area (Å²) < 4.78 is 79.5. The molecule has 0 aromatic carbocycles. The molecule has 178 valence electrons. The lowest BCUT2D eigenvalue weighted by atomic mass is 10.2. The van der Waals surface area contributed by atoms with E-state index in [1.165, 1.54) is 42.7 Å². The van der Waals surface area contributed by atoms with Gasteiger partial charge in [0, 0.05) is 21.1 Å². The summed E-state index contributed by atoms with van der Waals surface area (Å²) in [5, 5.41) is 9.05. The third-order valence-corrected chi connectivity index (χ3v) is 5.86. The van der Waals surface area contributed by atoms with Crippen LogP contribution in [0.5, 0.6) is 0 Å². The van der Waals surface area contributed by atoms with Gasteiger partial charge in [-0.2, -0.15) is 22.0 Å². The van der Waals surface area contributed by atoms with Gasteiger partial charge >= 0.3 is 18.1 Å². The number of halogens is 5. The molecule has 3 aromatic heterocycles. The van der Waals surface area contributed by atoms with Gasteiger partial charge in [0.15, 0.2) is 22.1 Å². The molecule has 3 rings (SSSR count). The Hall–Kier alpha value is -3.07. The fourth-order valence-corrected chi connectivity index (χ4v) is 3.62. The molecule has 0 aliphatic carbocycles. The van der Waals surface area contributed by atoms with Gasteiger partial charge in [0.1, 0.15) is 22.8 Å². The normalized spacial score (nSPS) is 13.3. The lowest BCUT2D eigenvalue weighted by Gasteiger charge is -2.17. The summed E-state index contributed by atoms with van der Waals surface area (Å²) in [6.07, 6.45) is -5.86. The Morgan fingerprint density at radius 2 is 1.85 bits per heavy atom. The van der Waals surface area contributed by atoms with Gasteiger partial charge in [0.2, 0.25) is 0 Å². The fraction of sp³-hybridized carbons (Fsp3) is 0.389. The largest absolute Gasteiger partial charge is 0.611 e. The number of alkyl halides is 5. The number of nitrogens with zero attached hydrogens (tertiary/aromatic N) is 6. The SMILES string of the molecule is CC[S+]([O-])c1ccc(NC(=O)N(C)C)nc1-c1nc2cc(C(F)(F)C(F)(F)F)nnc2n1C. The predicted molar refractivity (Wildman–Crippen MR) is 109 cm³/mol. The van der Waals surface area contributed by atoms with Crippen molar-refractivity contribution in [1.82, 2.24) is 29.6 Å². The van der Waals surface area contributed by atoms with Gasteiger partial charge in [0.05, 0.1) is 0 Å². The second-order valence-electron chi connectivity index (χ2n) is 7.01. The van der Waals surface area contributed by atoms with Crippen LogP contribution in [0.3, 0.4) is 0 Å². The molecule has 0 saturated heterocycles. The van der Waals surface area contributed by atoms with Crippen LogP contribution in [0.2, 0.25) is 0 Å². The monoisotopic (exact) mass is 491 g/mol. The third kappa shape index (κ3) is 4.55. The average molecular weight is 491 g/mol. The Morgan fingerprint density at radius 3 is 2.42 bits per heavy atom. The molecular weight excluding hydrogens is 473 g/mol. The number of carbonyl (C=O) groups is 1. The third-order valence-electron chi connectivity index (χ3n) is 4.51. The van der Waals surface area contributed by atoms with E-state index in [1.807, 2.05) is 0 Å². The first kappa shape index (κ1) is 24.6. The highest BCUT2D eigenvalue weighted by Crippen LogP contribution is 2.43. The summed E-state index contributed by atoms with van der Waals surface area (Å²) in [6, 6.07) is 2.89. The minimum absolute atomic E-state index is 0.00970. The maximum absolute atomic E-state index is 13.7. The standard InChI is InChI=1S/C18H18F5N7O2S/c1-5-33(32)10-6-7-12(26-16(31)29(2)3)25-13(10)15-24-9-8-11(17(19,20)18(21,22)23)27-28-14(9)30(15)4/h6-8H,5H2,1-4H3,(H,25,26,31). The maximum atomic E-state index is 13.7. The van der Waals surface area contributed by atoms with Crippen LogP contribution in [0.25, 0.3) is 22.7 Å². The van der Waals surface area contributed by atoms with Crippen molar-refractivity contribution in [2.45, 2.75) is 23.9 Å². The molecule has 9 nitrogen and oxygen atoms in total. The predicted octanol–water partition coefficient (Wildman–Crippen LogP) is 3.30. The van der Waals surface area contributed by atoms with E-state index in [0.717, 1.165) is 0 Å². The molecule has 0 spiro atoms. The topological polar surface area (TPSA) is 112 Å². The molecule has 2 amide bonds. The van der Waals surface area contributed by atoms with Crippen LogP contribution in [-0.4, -0.2) is 66.2 Å². The van der Waals surface area contributed by atoms with Crippen LogP contribution in [0.1, 0.15) is 12.6 Å². The number of carbonyl (C=O) groups excluding carboxylic acids is 1. The van der Waals surface area contributed by atoms with Crippen LogP contribution in [0.4, 0.5) is 32.6 Å². The molecule has 33 heavy (non-hydrogen) atoms. The summed E-state index contributed by atoms with van der Waals surface area (Å²) in [6.45, 7) is 1.66. The van der Waals surface area contributed by atoms with Crippen molar-refractivity contribution >= 4 is 34.2 Å². The number of aryl methyl sites for hydroxylation is 1. The van der Waals surface area contributed by atoms with Crippen LogP contribution >= 0.6 is 0 Å². The summed E-state index contributed by atoms with van der Waals surface area (Å²) >= 11 is -1.54. The van der Waals surface area contributed by atoms with Crippen molar-refractivity contribution in [3.63, 3.8) is 0 Å². The zero-order valence-corrected chi connectivity index (χ0v) is 18.6. The molecule has 0 aliphatic rings. The summed E-state index contributed by atoms with van der Waals surface area (Å²) in [5.41, 5.74) is -1.95. The molecule has 15 heteroatoms. The highest BCUT2D eigenvalue weighted by Gasteiger charge is 2.60. The lowest BCUT2D eigenvalue weighted by Crippen LogP contribution is -2.34. The number of aromatic nitrogens is 5. The fourth-order valence-electron chi connectivity index (χ4n) is 2.73. The van der Waals surface area contributed by atoms with E-state index in [-0.39, 0.29) is 39.1 Å². The Kier molecular flexibility index (Phi) is 6.48. The molecule has 0 fully saturated rings. The Bertz CT molecular complexity index is 1200. The van der Waals surface area contributed by atoms with E-state index < -0.39 is 35.0 Å². The van der Waals surface area contributed by atoms with Gasteiger partial charge in [-0.1, -0.05) is 0 Å². The van der Waals surface area contributed by atoms with Crippen molar-refractivity contribution in [2.24, 2.45) is 7.05 Å². The molecule has 1 N–H and O–H groups in total. The van der Waals surface area contributed by atoms with Crippen molar-refractivity contribution in [3.05, 3.63) is 23.9 Å². The molecule has 0 bridgehead atoms. The number of nitrogens with one attached hydrogen (secondary N) is 1. The van der Waals surface area contributed by atoms with Gasteiger partial charge in [-0.15, -0.1) is 10.2 Å². The van der Waals surface area contributed by atoms with Crippen molar-refractivity contribution in [1.29, 1.82) is 0 Å². The summed E-state index contributed by atoms with van der Waals surface area (Å²) in [4.78, 5) is 21.9. The quantitative estimate of drug-likeness (QED) is 0.433. The molecule has 1 unspecified atom stereocenters. The van der Waals surface area contributed by atoms with Crippen LogP contribution in [0, 0.1) is 0 Å². The number of fused-ring (bicyclic) bond motifs is 1. The van der Waals surface area contributed by atoms with E-state index in [4.69, 9.17) is 0 Å². The zero-order valence-electron chi connectivity index (χ0n) is 17.7. The first-order valence-corrected chi connectivity index (χ1v) is 10.6. The molecule has 3 aromatic rings. The van der Waals surface area contributed by atoms with Crippen molar-refractivity contribution in [2.75, 3.05) is 25.2 Å². The minimum atomic E-state index is -5.86. The Morgan fingerprint density at radius 1 is 1.18 bits per heavy atom. The Labute approximate surface area is 187 Å². The van der Waals surface area contributed by atoms with Crippen LogP contribution in [0.15, 0.2) is 23.1 Å². The molecule has 0 radical (unpaired) electrons. The average Bonchev–Trinajstić information content (AvgIpc) is 3.08. The van der Waals surface area contributed by atoms with E-state index in [1.54, 1.807) is 6.92 Å². The number of urea groups is 1. The number of hydrogen-bond donors (Lipinski definition) is 1. The van der Waals surface area contributed by atoms with E-state index in [0.29, 0.717) is 6.07 Å². The minimum Gasteiger partial charge on any atom is -0.611 e. The Balaban J connectivity index is 2.18. The number of anilines is 1.